The van der Waals surface area contributed by atoms with Crippen LogP contribution in [0.3, 0.4) is 0 Å². The summed E-state index contributed by atoms with van der Waals surface area (Å²) in [5.74, 6) is 2.21. The number of furan rings is 2. The van der Waals surface area contributed by atoms with Crippen molar-refractivity contribution < 1.29 is 18.4 Å². The first-order chi connectivity index (χ1) is 12.0. The van der Waals surface area contributed by atoms with Gasteiger partial charge < -0.3 is 19.1 Å². The molecular formula is C19H22N2O4. The fourth-order valence-corrected chi connectivity index (χ4v) is 3.96. The Kier molecular flexibility index (Phi) is 3.71. The Morgan fingerprint density at radius 1 is 1.40 bits per heavy atom. The Labute approximate surface area is 146 Å². The molecule has 6 nitrogen and oxygen atoms in total. The van der Waals surface area contributed by atoms with Crippen LogP contribution in [-0.2, 0) is 11.3 Å². The van der Waals surface area contributed by atoms with Crippen LogP contribution >= 0.6 is 0 Å². The molecule has 0 unspecified atom stereocenters. The van der Waals surface area contributed by atoms with Gasteiger partial charge in [0.05, 0.1) is 18.4 Å². The quantitative estimate of drug-likeness (QED) is 0.927. The standard InChI is InChI=1S/C19H22N2O4/c1-12-8-15(13(2)25-12)18(23)21-6-5-19(11-21)9-16(19)17(22)20-10-14-4-3-7-24-14/h3-4,7-8,16H,5-6,9-11H2,1-2H3,(H,20,22)/t16-,19-/m1/s1. The van der Waals surface area contributed by atoms with Crippen molar-refractivity contribution in [2.75, 3.05) is 13.1 Å². The molecule has 25 heavy (non-hydrogen) atoms. The van der Waals surface area contributed by atoms with Crippen LogP contribution in [0.4, 0.5) is 0 Å². The average Bonchev–Trinajstić information content (AvgIpc) is 2.97. The largest absolute Gasteiger partial charge is 0.467 e. The van der Waals surface area contributed by atoms with E-state index in [0.717, 1.165) is 24.4 Å². The van der Waals surface area contributed by atoms with Crippen LogP contribution < -0.4 is 5.32 Å². The number of likely N-dealkylation sites (tertiary alicyclic amines) is 1. The van der Waals surface area contributed by atoms with E-state index in [9.17, 15) is 9.59 Å². The number of amides is 2. The van der Waals surface area contributed by atoms with Gasteiger partial charge in [-0.3, -0.25) is 9.59 Å². The van der Waals surface area contributed by atoms with Crippen molar-refractivity contribution in [1.29, 1.82) is 0 Å². The van der Waals surface area contributed by atoms with Crippen molar-refractivity contribution in [3.63, 3.8) is 0 Å². The lowest BCUT2D eigenvalue weighted by atomic mass is 10.0. The lowest BCUT2D eigenvalue weighted by molar-refractivity contribution is -0.123. The van der Waals surface area contributed by atoms with Crippen LogP contribution in [-0.4, -0.2) is 29.8 Å². The van der Waals surface area contributed by atoms with Crippen LogP contribution in [0.2, 0.25) is 0 Å². The third kappa shape index (κ3) is 2.86. The maximum Gasteiger partial charge on any atom is 0.257 e. The SMILES string of the molecule is Cc1cc(C(=O)N2CC[C@@]3(C[C@@H]3C(=O)NCc3ccco3)C2)c(C)o1. The van der Waals surface area contributed by atoms with Crippen LogP contribution in [0, 0.1) is 25.2 Å². The molecule has 2 fully saturated rings. The summed E-state index contributed by atoms with van der Waals surface area (Å²) >= 11 is 0. The van der Waals surface area contributed by atoms with E-state index in [-0.39, 0.29) is 23.1 Å². The highest BCUT2D eigenvalue weighted by Crippen LogP contribution is 2.58. The van der Waals surface area contributed by atoms with Crippen molar-refractivity contribution >= 4 is 11.8 Å². The van der Waals surface area contributed by atoms with E-state index in [1.807, 2.05) is 24.8 Å². The van der Waals surface area contributed by atoms with Gasteiger partial charge in [0, 0.05) is 24.4 Å². The molecule has 2 aliphatic rings. The first-order valence-corrected chi connectivity index (χ1v) is 8.65. The van der Waals surface area contributed by atoms with Crippen LogP contribution in [0.1, 0.15) is 40.5 Å². The zero-order valence-corrected chi connectivity index (χ0v) is 14.5. The summed E-state index contributed by atoms with van der Waals surface area (Å²) in [4.78, 5) is 27.0. The highest BCUT2D eigenvalue weighted by molar-refractivity contribution is 5.95. The van der Waals surface area contributed by atoms with Gasteiger partial charge in [-0.15, -0.1) is 0 Å². The second-order valence-corrected chi connectivity index (χ2v) is 7.22. The lowest BCUT2D eigenvalue weighted by Crippen LogP contribution is -2.31. The van der Waals surface area contributed by atoms with E-state index in [2.05, 4.69) is 5.32 Å². The number of hydrogen-bond donors (Lipinski definition) is 1. The molecule has 2 aromatic rings. The van der Waals surface area contributed by atoms with Gasteiger partial charge in [0.2, 0.25) is 5.91 Å². The summed E-state index contributed by atoms with van der Waals surface area (Å²) < 4.78 is 10.7. The van der Waals surface area contributed by atoms with Crippen LogP contribution in [0.25, 0.3) is 0 Å². The van der Waals surface area contributed by atoms with Crippen LogP contribution in [0.5, 0.6) is 0 Å². The predicted octanol–water partition coefficient (Wildman–Crippen LogP) is 2.66. The summed E-state index contributed by atoms with van der Waals surface area (Å²) in [6, 6.07) is 5.44. The fraction of sp³-hybridized carbons (Fsp3) is 0.474. The van der Waals surface area contributed by atoms with Gasteiger partial charge in [-0.25, -0.2) is 0 Å². The molecule has 0 bridgehead atoms. The minimum atomic E-state index is -0.0460. The third-order valence-corrected chi connectivity index (χ3v) is 5.47. The molecule has 1 aliphatic heterocycles. The molecule has 1 N–H and O–H groups in total. The predicted molar refractivity (Wildman–Crippen MR) is 89.8 cm³/mol. The zero-order valence-electron chi connectivity index (χ0n) is 14.5. The Bertz CT molecular complexity index is 808. The van der Waals surface area contributed by atoms with Crippen molar-refractivity contribution in [3.05, 3.63) is 47.3 Å². The Morgan fingerprint density at radius 3 is 2.92 bits per heavy atom. The first kappa shape index (κ1) is 16.0. The van der Waals surface area contributed by atoms with Crippen molar-refractivity contribution in [1.82, 2.24) is 10.2 Å². The maximum atomic E-state index is 12.7. The summed E-state index contributed by atoms with van der Waals surface area (Å²) in [7, 11) is 0. The Morgan fingerprint density at radius 2 is 2.24 bits per heavy atom. The fourth-order valence-electron chi connectivity index (χ4n) is 3.96. The van der Waals surface area contributed by atoms with E-state index < -0.39 is 0 Å². The number of carbonyl (C=O) groups is 2. The van der Waals surface area contributed by atoms with Gasteiger partial charge in [-0.1, -0.05) is 0 Å². The lowest BCUT2D eigenvalue weighted by Gasteiger charge is -2.16. The average molecular weight is 342 g/mol. The number of hydrogen-bond acceptors (Lipinski definition) is 4. The monoisotopic (exact) mass is 342 g/mol. The summed E-state index contributed by atoms with van der Waals surface area (Å²) in [6.07, 6.45) is 3.33. The number of nitrogens with one attached hydrogen (secondary N) is 1. The minimum Gasteiger partial charge on any atom is -0.467 e. The van der Waals surface area contributed by atoms with E-state index in [4.69, 9.17) is 8.83 Å². The molecule has 1 aliphatic carbocycles. The van der Waals surface area contributed by atoms with Gasteiger partial charge in [0.25, 0.3) is 5.91 Å². The minimum absolute atomic E-state index is 0.00700. The summed E-state index contributed by atoms with van der Waals surface area (Å²) in [6.45, 7) is 5.41. The molecule has 132 valence electrons. The number of nitrogens with zero attached hydrogens (tertiary/aromatic N) is 1. The number of carbonyl (C=O) groups excluding carboxylic acids is 2. The molecule has 4 rings (SSSR count). The second-order valence-electron chi connectivity index (χ2n) is 7.22. The maximum absolute atomic E-state index is 12.7. The molecule has 2 atom stereocenters. The van der Waals surface area contributed by atoms with Gasteiger partial charge in [0.1, 0.15) is 17.3 Å². The highest BCUT2D eigenvalue weighted by Gasteiger charge is 2.61. The van der Waals surface area contributed by atoms with E-state index in [0.29, 0.717) is 31.0 Å². The number of aryl methyl sites for hydroxylation is 2. The molecule has 1 saturated heterocycles. The van der Waals surface area contributed by atoms with E-state index in [1.165, 1.54) is 0 Å². The first-order valence-electron chi connectivity index (χ1n) is 8.65. The van der Waals surface area contributed by atoms with Gasteiger partial charge in [-0.05, 0) is 44.9 Å². The molecule has 6 heteroatoms. The van der Waals surface area contributed by atoms with Crippen molar-refractivity contribution in [2.45, 2.75) is 33.2 Å². The summed E-state index contributed by atoms with van der Waals surface area (Å²) in [5.41, 5.74) is 0.587. The number of rotatable bonds is 4. The van der Waals surface area contributed by atoms with Crippen LogP contribution in [0.15, 0.2) is 33.3 Å². The Hall–Kier alpha value is -2.50. The topological polar surface area (TPSA) is 75.7 Å². The second kappa shape index (κ2) is 5.79. The van der Waals surface area contributed by atoms with E-state index >= 15 is 0 Å². The van der Waals surface area contributed by atoms with Crippen molar-refractivity contribution in [3.8, 4) is 0 Å². The zero-order chi connectivity index (χ0) is 17.6. The molecule has 2 aromatic heterocycles. The molecule has 1 saturated carbocycles. The van der Waals surface area contributed by atoms with Crippen molar-refractivity contribution in [2.24, 2.45) is 11.3 Å². The summed E-state index contributed by atoms with van der Waals surface area (Å²) in [5, 5.41) is 2.94. The molecule has 2 amide bonds. The van der Waals surface area contributed by atoms with Gasteiger partial charge in [-0.2, -0.15) is 0 Å². The molecule has 3 heterocycles. The normalized spacial score (nSPS) is 24.7. The molecule has 0 radical (unpaired) electrons. The highest BCUT2D eigenvalue weighted by atomic mass is 16.3. The molecule has 0 aromatic carbocycles. The van der Waals surface area contributed by atoms with Gasteiger partial charge in [0.15, 0.2) is 0 Å². The Balaban J connectivity index is 1.35. The van der Waals surface area contributed by atoms with E-state index in [1.54, 1.807) is 18.4 Å². The smallest absolute Gasteiger partial charge is 0.257 e. The molecule has 1 spiro atoms. The molecular weight excluding hydrogens is 320 g/mol. The third-order valence-electron chi connectivity index (χ3n) is 5.47. The van der Waals surface area contributed by atoms with Gasteiger partial charge >= 0.3 is 0 Å².